The summed E-state index contributed by atoms with van der Waals surface area (Å²) < 4.78 is 41.0. The monoisotopic (exact) mass is 555 g/mol. The van der Waals surface area contributed by atoms with Gasteiger partial charge in [0.2, 0.25) is 0 Å². The van der Waals surface area contributed by atoms with Gasteiger partial charge in [-0.15, -0.1) is 0 Å². The van der Waals surface area contributed by atoms with Crippen LogP contribution in [0.1, 0.15) is 53.4 Å². The summed E-state index contributed by atoms with van der Waals surface area (Å²) in [6.07, 6.45) is 2.92. The van der Waals surface area contributed by atoms with E-state index >= 15 is 0 Å². The molecule has 0 spiro atoms. The number of ether oxygens (including phenoxy) is 1. The van der Waals surface area contributed by atoms with Crippen LogP contribution in [0.2, 0.25) is 0 Å². The van der Waals surface area contributed by atoms with Crippen LogP contribution >= 0.6 is 0 Å². The highest BCUT2D eigenvalue weighted by molar-refractivity contribution is 7.92. The van der Waals surface area contributed by atoms with Crippen molar-refractivity contribution in [2.75, 3.05) is 4.72 Å². The van der Waals surface area contributed by atoms with Crippen LogP contribution in [0.4, 0.5) is 10.6 Å². The standard InChI is InChI=1S/C26H29N5O7S/c1-15-6-7-19(24(32)33)10-21(15)39(35,36)30-23-22-16(2)8-17(9-20(22)38-29-23)13-31-14-18(12-28-31)11-27-25(34)37-26(3,4)5/h6-10,12,14H,11,13H2,1-5H3,(H,27,34)(H,29,30)(H,32,33). The molecular formula is C26H29N5O7S. The number of carboxylic acid groups (broad SMARTS) is 1. The molecule has 0 atom stereocenters. The molecule has 3 N–H and O–H groups in total. The van der Waals surface area contributed by atoms with Crippen LogP contribution in [0.3, 0.4) is 0 Å². The number of hydrogen-bond acceptors (Lipinski definition) is 8. The van der Waals surface area contributed by atoms with Crippen LogP contribution in [0.25, 0.3) is 11.0 Å². The summed E-state index contributed by atoms with van der Waals surface area (Å²) in [7, 11) is -4.14. The third-order valence-electron chi connectivity index (χ3n) is 5.65. The molecule has 39 heavy (non-hydrogen) atoms. The van der Waals surface area contributed by atoms with Gasteiger partial charge in [-0.3, -0.25) is 9.40 Å². The first-order valence-corrected chi connectivity index (χ1v) is 13.4. The Labute approximate surface area is 225 Å². The lowest BCUT2D eigenvalue weighted by molar-refractivity contribution is 0.0523. The predicted molar refractivity (Wildman–Crippen MR) is 142 cm³/mol. The number of nitrogens with one attached hydrogen (secondary N) is 2. The summed E-state index contributed by atoms with van der Waals surface area (Å²) in [5.74, 6) is -1.23. The highest BCUT2D eigenvalue weighted by Crippen LogP contribution is 2.30. The second-order valence-corrected chi connectivity index (χ2v) is 11.8. The zero-order chi connectivity index (χ0) is 28.5. The number of anilines is 1. The fraction of sp³-hybridized carbons (Fsp3) is 0.308. The van der Waals surface area contributed by atoms with E-state index in [0.29, 0.717) is 23.1 Å². The highest BCUT2D eigenvalue weighted by Gasteiger charge is 2.23. The summed E-state index contributed by atoms with van der Waals surface area (Å²) in [6.45, 7) is 9.40. The van der Waals surface area contributed by atoms with Crippen molar-refractivity contribution in [1.82, 2.24) is 20.3 Å². The molecule has 0 unspecified atom stereocenters. The normalized spacial score (nSPS) is 11.9. The fourth-order valence-corrected chi connectivity index (χ4v) is 5.25. The lowest BCUT2D eigenvalue weighted by atomic mass is 10.1. The minimum Gasteiger partial charge on any atom is -0.478 e. The maximum Gasteiger partial charge on any atom is 0.407 e. The third-order valence-corrected chi connectivity index (χ3v) is 7.13. The Morgan fingerprint density at radius 1 is 1.10 bits per heavy atom. The van der Waals surface area contributed by atoms with Gasteiger partial charge < -0.3 is 19.7 Å². The van der Waals surface area contributed by atoms with Gasteiger partial charge in [0.1, 0.15) is 5.60 Å². The van der Waals surface area contributed by atoms with Crippen molar-refractivity contribution in [2.45, 2.75) is 58.2 Å². The molecule has 2 aromatic heterocycles. The molecule has 206 valence electrons. The van der Waals surface area contributed by atoms with Crippen LogP contribution < -0.4 is 10.0 Å². The van der Waals surface area contributed by atoms with E-state index in [9.17, 15) is 23.1 Å². The number of alkyl carbamates (subject to hydrolysis) is 1. The number of benzene rings is 2. The van der Waals surface area contributed by atoms with Crippen molar-refractivity contribution < 1.29 is 32.4 Å². The Morgan fingerprint density at radius 2 is 1.85 bits per heavy atom. The Bertz CT molecular complexity index is 1670. The van der Waals surface area contributed by atoms with E-state index in [-0.39, 0.29) is 22.8 Å². The number of sulfonamides is 1. The molecule has 1 amide bonds. The lowest BCUT2D eigenvalue weighted by Gasteiger charge is -2.19. The number of hydrogen-bond donors (Lipinski definition) is 3. The first kappa shape index (κ1) is 27.6. The molecule has 12 nitrogen and oxygen atoms in total. The first-order valence-electron chi connectivity index (χ1n) is 12.0. The molecule has 4 aromatic rings. The number of carbonyl (C=O) groups excluding carboxylic acids is 1. The van der Waals surface area contributed by atoms with Crippen LogP contribution in [0.5, 0.6) is 0 Å². The van der Waals surface area contributed by atoms with Gasteiger partial charge in [-0.2, -0.15) is 5.10 Å². The van der Waals surface area contributed by atoms with Crippen LogP contribution in [0, 0.1) is 13.8 Å². The van der Waals surface area contributed by atoms with E-state index in [0.717, 1.165) is 22.8 Å². The lowest BCUT2D eigenvalue weighted by Crippen LogP contribution is -2.32. The highest BCUT2D eigenvalue weighted by atomic mass is 32.2. The predicted octanol–water partition coefficient (Wildman–Crippen LogP) is 4.21. The van der Waals surface area contributed by atoms with E-state index in [4.69, 9.17) is 9.26 Å². The molecular weight excluding hydrogens is 526 g/mol. The van der Waals surface area contributed by atoms with Crippen molar-refractivity contribution in [3.05, 3.63) is 70.5 Å². The van der Waals surface area contributed by atoms with Crippen molar-refractivity contribution >= 4 is 38.9 Å². The Morgan fingerprint density at radius 3 is 2.54 bits per heavy atom. The van der Waals surface area contributed by atoms with Gasteiger partial charge in [0, 0.05) is 18.3 Å². The zero-order valence-corrected chi connectivity index (χ0v) is 22.9. The molecule has 0 fully saturated rings. The number of aromatic nitrogens is 3. The molecule has 0 saturated heterocycles. The largest absolute Gasteiger partial charge is 0.478 e. The number of aryl methyl sites for hydroxylation is 2. The van der Waals surface area contributed by atoms with Gasteiger partial charge >= 0.3 is 12.1 Å². The molecule has 0 bridgehead atoms. The number of nitrogens with zero attached hydrogens (tertiary/aromatic N) is 3. The number of rotatable bonds is 8. The van der Waals surface area contributed by atoms with Gasteiger partial charge in [-0.1, -0.05) is 17.3 Å². The third kappa shape index (κ3) is 6.55. The number of amides is 1. The van der Waals surface area contributed by atoms with Gasteiger partial charge in [0.25, 0.3) is 10.0 Å². The smallest absolute Gasteiger partial charge is 0.407 e. The molecule has 0 aliphatic heterocycles. The second kappa shape index (κ2) is 10.4. The summed E-state index contributed by atoms with van der Waals surface area (Å²) in [4.78, 5) is 23.0. The second-order valence-electron chi connectivity index (χ2n) is 10.1. The van der Waals surface area contributed by atoms with E-state index in [1.807, 2.05) is 6.07 Å². The van der Waals surface area contributed by atoms with Gasteiger partial charge in [-0.25, -0.2) is 18.0 Å². The van der Waals surface area contributed by atoms with Crippen LogP contribution in [-0.2, 0) is 27.8 Å². The quantitative estimate of drug-likeness (QED) is 0.289. The maximum atomic E-state index is 13.1. The molecule has 4 rings (SSSR count). The number of fused-ring (bicyclic) bond motifs is 1. The molecule has 0 saturated carbocycles. The van der Waals surface area contributed by atoms with Gasteiger partial charge in [0.05, 0.1) is 28.6 Å². The maximum absolute atomic E-state index is 13.1. The zero-order valence-electron chi connectivity index (χ0n) is 22.1. The van der Waals surface area contributed by atoms with Gasteiger partial charge in [-0.05, 0) is 69.5 Å². The minimum absolute atomic E-state index is 0.00349. The van der Waals surface area contributed by atoms with E-state index in [1.165, 1.54) is 12.1 Å². The summed E-state index contributed by atoms with van der Waals surface area (Å²) in [5.41, 5.74) is 2.38. The fourth-order valence-electron chi connectivity index (χ4n) is 3.97. The molecule has 2 aromatic carbocycles. The molecule has 0 aliphatic rings. The van der Waals surface area contributed by atoms with Crippen molar-refractivity contribution in [3.8, 4) is 0 Å². The molecule has 13 heteroatoms. The molecule has 2 heterocycles. The number of carbonyl (C=O) groups is 2. The Balaban J connectivity index is 1.50. The summed E-state index contributed by atoms with van der Waals surface area (Å²) in [5, 5.41) is 20.7. The summed E-state index contributed by atoms with van der Waals surface area (Å²) in [6, 6.07) is 7.49. The van der Waals surface area contributed by atoms with Crippen molar-refractivity contribution in [1.29, 1.82) is 0 Å². The van der Waals surface area contributed by atoms with Crippen LogP contribution in [0.15, 0.2) is 52.1 Å². The minimum atomic E-state index is -4.14. The van der Waals surface area contributed by atoms with E-state index < -0.39 is 27.7 Å². The molecule has 0 aliphatic carbocycles. The average molecular weight is 556 g/mol. The average Bonchev–Trinajstić information content (AvgIpc) is 3.43. The molecule has 0 radical (unpaired) electrons. The number of carboxylic acids is 1. The van der Waals surface area contributed by atoms with E-state index in [1.54, 1.807) is 57.8 Å². The summed E-state index contributed by atoms with van der Waals surface area (Å²) >= 11 is 0. The first-order chi connectivity index (χ1) is 18.2. The Hall–Kier alpha value is -4.39. The van der Waals surface area contributed by atoms with E-state index in [2.05, 4.69) is 20.3 Å². The topological polar surface area (TPSA) is 166 Å². The van der Waals surface area contributed by atoms with Crippen LogP contribution in [-0.4, -0.2) is 46.1 Å². The SMILES string of the molecule is Cc1ccc(C(=O)O)cc1S(=O)(=O)Nc1noc2cc(Cn3cc(CNC(=O)OC(C)(C)C)cn3)cc(C)c12. The number of aromatic carboxylic acids is 1. The van der Waals surface area contributed by atoms with Crippen molar-refractivity contribution in [3.63, 3.8) is 0 Å². The Kier molecular flexibility index (Phi) is 7.37. The van der Waals surface area contributed by atoms with Gasteiger partial charge in [0.15, 0.2) is 11.4 Å². The van der Waals surface area contributed by atoms with Crippen molar-refractivity contribution in [2.24, 2.45) is 0 Å².